The highest BCUT2D eigenvalue weighted by Gasteiger charge is 2.42. The monoisotopic (exact) mass is 520 g/mol. The van der Waals surface area contributed by atoms with Gasteiger partial charge in [0.2, 0.25) is 5.91 Å². The Morgan fingerprint density at radius 3 is 2.51 bits per heavy atom. The number of morpholine rings is 1. The normalized spacial score (nSPS) is 22.4. The van der Waals surface area contributed by atoms with Crippen molar-refractivity contribution in [3.8, 4) is 0 Å². The lowest BCUT2D eigenvalue weighted by Crippen LogP contribution is -2.61. The number of hydrogen-bond donors (Lipinski definition) is 1. The molecule has 3 heterocycles. The average molecular weight is 521 g/mol. The number of fused-ring (bicyclic) bond motifs is 3. The van der Waals surface area contributed by atoms with Gasteiger partial charge in [-0.05, 0) is 67.4 Å². The molecule has 5 rings (SSSR count). The van der Waals surface area contributed by atoms with Gasteiger partial charge in [0.05, 0.1) is 30.7 Å². The van der Waals surface area contributed by atoms with Crippen LogP contribution in [0.1, 0.15) is 17.5 Å². The van der Waals surface area contributed by atoms with Gasteiger partial charge in [-0.2, -0.15) is 13.2 Å². The number of nitrogens with one attached hydrogen (secondary N) is 1. The topological polar surface area (TPSA) is 48.1 Å². The van der Waals surface area contributed by atoms with Gasteiger partial charge >= 0.3 is 6.18 Å². The molecule has 1 N–H and O–H groups in total. The number of amides is 1. The third kappa shape index (κ3) is 5.85. The third-order valence-corrected chi connectivity index (χ3v) is 7.62. The molecular formula is C27H32F4N4O2. The van der Waals surface area contributed by atoms with E-state index in [2.05, 4.69) is 20.0 Å². The second kappa shape index (κ2) is 10.9. The first-order valence-corrected chi connectivity index (χ1v) is 12.8. The summed E-state index contributed by atoms with van der Waals surface area (Å²) in [6.07, 6.45) is -3.40. The van der Waals surface area contributed by atoms with Crippen LogP contribution in [0.4, 0.5) is 28.9 Å². The van der Waals surface area contributed by atoms with E-state index in [9.17, 15) is 22.4 Å². The van der Waals surface area contributed by atoms with E-state index < -0.39 is 17.7 Å². The standard InChI is InChI=1S/C27H32F4N4O2/c28-21-3-5-22(6-4-21)34-10-11-35-24-7-2-20(27(29,30)31)16-19(24)17-23(25(35)18-34)26(36)32-8-1-9-33-12-14-37-15-13-33/h2-7,16,23,25H,1,8-15,17-18H2,(H,32,36)/t23-,25+/m1/s1. The highest BCUT2D eigenvalue weighted by Crippen LogP contribution is 2.40. The highest BCUT2D eigenvalue weighted by atomic mass is 19.4. The number of carbonyl (C=O) groups excluding carboxylic acids is 1. The van der Waals surface area contributed by atoms with Gasteiger partial charge in [-0.25, -0.2) is 4.39 Å². The van der Waals surface area contributed by atoms with Crippen LogP contribution in [0.25, 0.3) is 0 Å². The Labute approximate surface area is 214 Å². The minimum atomic E-state index is -4.44. The summed E-state index contributed by atoms with van der Waals surface area (Å²) in [5, 5.41) is 3.05. The molecule has 2 saturated heterocycles. The summed E-state index contributed by atoms with van der Waals surface area (Å²) >= 11 is 0. The van der Waals surface area contributed by atoms with E-state index in [4.69, 9.17) is 4.74 Å². The minimum absolute atomic E-state index is 0.138. The van der Waals surface area contributed by atoms with Crippen molar-refractivity contribution in [2.75, 3.05) is 68.8 Å². The van der Waals surface area contributed by atoms with Crippen molar-refractivity contribution in [2.24, 2.45) is 5.92 Å². The molecular weight excluding hydrogens is 488 g/mol. The number of alkyl halides is 3. The van der Waals surface area contributed by atoms with Crippen LogP contribution in [0.2, 0.25) is 0 Å². The van der Waals surface area contributed by atoms with Crippen LogP contribution in [0, 0.1) is 11.7 Å². The predicted octanol–water partition coefficient (Wildman–Crippen LogP) is 3.55. The molecule has 0 radical (unpaired) electrons. The molecule has 0 spiro atoms. The molecule has 3 aliphatic rings. The second-order valence-corrected chi connectivity index (χ2v) is 9.93. The fourth-order valence-electron chi connectivity index (χ4n) is 5.66. The number of hydrogen-bond acceptors (Lipinski definition) is 5. The lowest BCUT2D eigenvalue weighted by atomic mass is 9.82. The van der Waals surface area contributed by atoms with Gasteiger partial charge in [0, 0.05) is 50.6 Å². The van der Waals surface area contributed by atoms with Crippen molar-refractivity contribution in [3.05, 3.63) is 59.4 Å². The Morgan fingerprint density at radius 1 is 1.03 bits per heavy atom. The lowest BCUT2D eigenvalue weighted by Gasteiger charge is -2.49. The number of carbonyl (C=O) groups is 1. The van der Waals surface area contributed by atoms with E-state index in [1.54, 1.807) is 12.1 Å². The summed E-state index contributed by atoms with van der Waals surface area (Å²) in [7, 11) is 0. The summed E-state index contributed by atoms with van der Waals surface area (Å²) in [6, 6.07) is 9.91. The predicted molar refractivity (Wildman–Crippen MR) is 133 cm³/mol. The van der Waals surface area contributed by atoms with Gasteiger partial charge in [0.15, 0.2) is 0 Å². The smallest absolute Gasteiger partial charge is 0.379 e. The average Bonchev–Trinajstić information content (AvgIpc) is 2.90. The molecule has 37 heavy (non-hydrogen) atoms. The van der Waals surface area contributed by atoms with Crippen LogP contribution in [0.5, 0.6) is 0 Å². The molecule has 2 aromatic carbocycles. The molecule has 2 atom stereocenters. The number of piperazine rings is 1. The highest BCUT2D eigenvalue weighted by molar-refractivity contribution is 5.82. The molecule has 2 aromatic rings. The first-order valence-electron chi connectivity index (χ1n) is 12.8. The number of ether oxygens (including phenoxy) is 1. The van der Waals surface area contributed by atoms with Crippen molar-refractivity contribution in [1.82, 2.24) is 10.2 Å². The van der Waals surface area contributed by atoms with E-state index >= 15 is 0 Å². The largest absolute Gasteiger partial charge is 0.416 e. The molecule has 0 aromatic heterocycles. The summed E-state index contributed by atoms with van der Waals surface area (Å²) in [5.74, 6) is -0.951. The minimum Gasteiger partial charge on any atom is -0.379 e. The van der Waals surface area contributed by atoms with Crippen LogP contribution in [0.15, 0.2) is 42.5 Å². The number of nitrogens with zero attached hydrogens (tertiary/aromatic N) is 3. The maximum atomic E-state index is 13.5. The van der Waals surface area contributed by atoms with Crippen LogP contribution in [-0.2, 0) is 22.1 Å². The van der Waals surface area contributed by atoms with Gasteiger partial charge in [-0.3, -0.25) is 9.69 Å². The zero-order chi connectivity index (χ0) is 26.0. The third-order valence-electron chi connectivity index (χ3n) is 7.62. The van der Waals surface area contributed by atoms with Crippen molar-refractivity contribution < 1.29 is 27.1 Å². The summed E-state index contributed by atoms with van der Waals surface area (Å²) in [6.45, 7) is 6.27. The first kappa shape index (κ1) is 25.8. The maximum Gasteiger partial charge on any atom is 0.416 e. The number of halogens is 4. The Balaban J connectivity index is 1.33. The first-order chi connectivity index (χ1) is 17.8. The van der Waals surface area contributed by atoms with E-state index in [0.29, 0.717) is 31.7 Å². The summed E-state index contributed by atoms with van der Waals surface area (Å²) < 4.78 is 59.1. The Morgan fingerprint density at radius 2 is 1.78 bits per heavy atom. The van der Waals surface area contributed by atoms with Crippen LogP contribution in [0.3, 0.4) is 0 Å². The molecule has 0 saturated carbocycles. The van der Waals surface area contributed by atoms with E-state index in [1.165, 1.54) is 24.3 Å². The van der Waals surface area contributed by atoms with E-state index in [0.717, 1.165) is 56.7 Å². The van der Waals surface area contributed by atoms with Gasteiger partial charge in [0.1, 0.15) is 5.82 Å². The lowest BCUT2D eigenvalue weighted by molar-refractivity contribution is -0.137. The number of benzene rings is 2. The fourth-order valence-corrected chi connectivity index (χ4v) is 5.66. The molecule has 0 aliphatic carbocycles. The molecule has 3 aliphatic heterocycles. The Bertz CT molecular complexity index is 1090. The molecule has 1 amide bonds. The van der Waals surface area contributed by atoms with Crippen molar-refractivity contribution in [2.45, 2.75) is 25.1 Å². The van der Waals surface area contributed by atoms with Gasteiger partial charge in [-0.15, -0.1) is 0 Å². The van der Waals surface area contributed by atoms with Crippen LogP contribution >= 0.6 is 0 Å². The van der Waals surface area contributed by atoms with Gasteiger partial charge in [-0.1, -0.05) is 0 Å². The van der Waals surface area contributed by atoms with Crippen molar-refractivity contribution in [1.29, 1.82) is 0 Å². The molecule has 200 valence electrons. The number of rotatable bonds is 6. The molecule has 0 unspecified atom stereocenters. The quantitative estimate of drug-likeness (QED) is 0.467. The molecule has 0 bridgehead atoms. The fraction of sp³-hybridized carbons (Fsp3) is 0.519. The zero-order valence-corrected chi connectivity index (χ0v) is 20.6. The molecule has 2 fully saturated rings. The SMILES string of the molecule is O=C(NCCCN1CCOCC1)[C@@H]1Cc2cc(C(F)(F)F)ccc2N2CCN(c3ccc(F)cc3)C[C@@H]12. The van der Waals surface area contributed by atoms with Crippen molar-refractivity contribution in [3.63, 3.8) is 0 Å². The van der Waals surface area contributed by atoms with E-state index in [-0.39, 0.29) is 24.2 Å². The molecule has 10 heteroatoms. The van der Waals surface area contributed by atoms with Gasteiger partial charge in [0.25, 0.3) is 0 Å². The van der Waals surface area contributed by atoms with E-state index in [1.807, 2.05) is 0 Å². The maximum absolute atomic E-state index is 13.5. The molecule has 6 nitrogen and oxygen atoms in total. The van der Waals surface area contributed by atoms with Crippen LogP contribution in [-0.4, -0.2) is 75.9 Å². The van der Waals surface area contributed by atoms with Crippen molar-refractivity contribution >= 4 is 17.3 Å². The Kier molecular flexibility index (Phi) is 7.57. The van der Waals surface area contributed by atoms with Crippen LogP contribution < -0.4 is 15.1 Å². The Hall–Kier alpha value is -2.85. The second-order valence-electron chi connectivity index (χ2n) is 9.93. The number of anilines is 2. The summed E-state index contributed by atoms with van der Waals surface area (Å²) in [4.78, 5) is 19.9. The van der Waals surface area contributed by atoms with Gasteiger partial charge < -0.3 is 19.9 Å². The zero-order valence-electron chi connectivity index (χ0n) is 20.6. The summed E-state index contributed by atoms with van der Waals surface area (Å²) in [5.41, 5.74) is 1.48.